The summed E-state index contributed by atoms with van der Waals surface area (Å²) in [5.74, 6) is -0.344. The molecule has 0 bridgehead atoms. The maximum Gasteiger partial charge on any atom is 0.416 e. The molecule has 2 aromatic carbocycles. The van der Waals surface area contributed by atoms with Gasteiger partial charge in [-0.15, -0.1) is 0 Å². The number of piperazine rings is 1. The summed E-state index contributed by atoms with van der Waals surface area (Å²) in [7, 11) is -3.85. The fourth-order valence-corrected chi connectivity index (χ4v) is 5.01. The average molecular weight is 470 g/mol. The lowest BCUT2D eigenvalue weighted by molar-refractivity contribution is -0.137. The van der Waals surface area contributed by atoms with E-state index in [0.717, 1.165) is 12.1 Å². The molecule has 0 saturated carbocycles. The van der Waals surface area contributed by atoms with Crippen LogP contribution >= 0.6 is 0 Å². The molecule has 174 valence electrons. The van der Waals surface area contributed by atoms with Crippen LogP contribution in [0.1, 0.15) is 35.3 Å². The summed E-state index contributed by atoms with van der Waals surface area (Å²) in [6, 6.07) is 9.36. The van der Waals surface area contributed by atoms with Crippen molar-refractivity contribution in [3.8, 4) is 0 Å². The van der Waals surface area contributed by atoms with E-state index in [4.69, 9.17) is 0 Å². The Hall–Kier alpha value is -2.59. The van der Waals surface area contributed by atoms with Gasteiger partial charge in [-0.2, -0.15) is 17.5 Å². The Labute approximate surface area is 186 Å². The molecule has 0 aliphatic carbocycles. The molecule has 0 radical (unpaired) electrons. The summed E-state index contributed by atoms with van der Waals surface area (Å²) in [4.78, 5) is 14.2. The average Bonchev–Trinajstić information content (AvgIpc) is 2.73. The Morgan fingerprint density at radius 2 is 1.69 bits per heavy atom. The lowest BCUT2D eigenvalue weighted by Gasteiger charge is -2.35. The molecule has 1 N–H and O–H groups in total. The number of rotatable bonds is 5. The van der Waals surface area contributed by atoms with E-state index in [1.807, 2.05) is 13.8 Å². The van der Waals surface area contributed by atoms with Crippen LogP contribution in [0.2, 0.25) is 0 Å². The second kappa shape index (κ2) is 9.11. The molecule has 0 aromatic heterocycles. The fraction of sp³-hybridized carbons (Fsp3) is 0.409. The number of nitrogens with zero attached hydrogens (tertiary/aromatic N) is 2. The largest absolute Gasteiger partial charge is 0.416 e. The number of halogens is 3. The van der Waals surface area contributed by atoms with Gasteiger partial charge in [-0.3, -0.25) is 4.79 Å². The molecule has 3 rings (SSSR count). The van der Waals surface area contributed by atoms with Gasteiger partial charge in [0.15, 0.2) is 0 Å². The van der Waals surface area contributed by atoms with Crippen molar-refractivity contribution in [3.63, 3.8) is 0 Å². The van der Waals surface area contributed by atoms with Crippen LogP contribution in [0.25, 0.3) is 0 Å². The molecule has 0 atom stereocenters. The van der Waals surface area contributed by atoms with Crippen molar-refractivity contribution in [2.75, 3.05) is 31.1 Å². The van der Waals surface area contributed by atoms with E-state index >= 15 is 0 Å². The zero-order valence-corrected chi connectivity index (χ0v) is 18.9. The number of nitrogens with one attached hydrogen (secondary N) is 1. The molecule has 1 fully saturated rings. The van der Waals surface area contributed by atoms with Crippen LogP contribution in [0.3, 0.4) is 0 Å². The smallest absolute Gasteiger partial charge is 0.369 e. The molecule has 1 saturated heterocycles. The summed E-state index contributed by atoms with van der Waals surface area (Å²) >= 11 is 0. The number of hydrogen-bond acceptors (Lipinski definition) is 4. The Kier molecular flexibility index (Phi) is 6.85. The van der Waals surface area contributed by atoms with Gasteiger partial charge >= 0.3 is 6.18 Å². The fourth-order valence-electron chi connectivity index (χ4n) is 3.56. The van der Waals surface area contributed by atoms with Gasteiger partial charge in [0.1, 0.15) is 0 Å². The zero-order chi connectivity index (χ0) is 23.7. The maximum absolute atomic E-state index is 13.2. The van der Waals surface area contributed by atoms with Gasteiger partial charge in [-0.25, -0.2) is 8.42 Å². The van der Waals surface area contributed by atoms with Gasteiger partial charge in [0, 0.05) is 43.5 Å². The quantitative estimate of drug-likeness (QED) is 0.726. The van der Waals surface area contributed by atoms with Gasteiger partial charge in [-0.05, 0) is 56.7 Å². The van der Waals surface area contributed by atoms with Gasteiger partial charge in [0.2, 0.25) is 10.0 Å². The number of hydrogen-bond donors (Lipinski definition) is 1. The standard InChI is InChI=1S/C22H26F3N3O3S/c1-15(2)26-21(29)20-14-19(8-7-16(20)3)32(30,31)28-11-9-27(10-12-28)18-6-4-5-17(13-18)22(23,24)25/h4-8,13-15H,9-12H2,1-3H3,(H,26,29). The second-order valence-electron chi connectivity index (χ2n) is 8.04. The van der Waals surface area contributed by atoms with E-state index in [1.54, 1.807) is 24.0 Å². The molecule has 2 aromatic rings. The monoisotopic (exact) mass is 469 g/mol. The molecule has 32 heavy (non-hydrogen) atoms. The predicted molar refractivity (Wildman–Crippen MR) is 116 cm³/mol. The number of aryl methyl sites for hydroxylation is 1. The molecule has 1 aliphatic heterocycles. The summed E-state index contributed by atoms with van der Waals surface area (Å²) in [5, 5.41) is 2.76. The van der Waals surface area contributed by atoms with E-state index in [-0.39, 0.29) is 43.0 Å². The summed E-state index contributed by atoms with van der Waals surface area (Å²) in [5.41, 5.74) is 0.621. The van der Waals surface area contributed by atoms with Crippen molar-refractivity contribution < 1.29 is 26.4 Å². The molecule has 0 unspecified atom stereocenters. The Morgan fingerprint density at radius 3 is 2.28 bits per heavy atom. The first-order valence-electron chi connectivity index (χ1n) is 10.2. The van der Waals surface area contributed by atoms with Crippen LogP contribution < -0.4 is 10.2 Å². The summed E-state index contributed by atoms with van der Waals surface area (Å²) < 4.78 is 66.6. The first-order valence-corrected chi connectivity index (χ1v) is 11.7. The van der Waals surface area contributed by atoms with Crippen molar-refractivity contribution in [1.29, 1.82) is 0 Å². The Morgan fingerprint density at radius 1 is 1.03 bits per heavy atom. The molecular formula is C22H26F3N3O3S. The molecule has 0 spiro atoms. The molecule has 10 heteroatoms. The zero-order valence-electron chi connectivity index (χ0n) is 18.1. The Balaban J connectivity index is 1.76. The first kappa shape index (κ1) is 24.1. The van der Waals surface area contributed by atoms with E-state index in [1.165, 1.54) is 22.5 Å². The van der Waals surface area contributed by atoms with Crippen molar-refractivity contribution >= 4 is 21.6 Å². The highest BCUT2D eigenvalue weighted by Gasteiger charge is 2.32. The predicted octanol–water partition coefficient (Wildman–Crippen LogP) is 3.66. The van der Waals surface area contributed by atoms with Crippen LogP contribution in [0.15, 0.2) is 47.4 Å². The summed E-state index contributed by atoms with van der Waals surface area (Å²) in [6.07, 6.45) is -4.44. The third-order valence-corrected chi connectivity index (χ3v) is 7.18. The van der Waals surface area contributed by atoms with E-state index in [0.29, 0.717) is 16.8 Å². The maximum atomic E-state index is 13.2. The van der Waals surface area contributed by atoms with Crippen LogP contribution in [0, 0.1) is 6.92 Å². The highest BCUT2D eigenvalue weighted by Crippen LogP contribution is 2.32. The number of anilines is 1. The second-order valence-corrected chi connectivity index (χ2v) is 9.98. The van der Waals surface area contributed by atoms with E-state index in [9.17, 15) is 26.4 Å². The third kappa shape index (κ3) is 5.24. The van der Waals surface area contributed by atoms with E-state index in [2.05, 4.69) is 5.32 Å². The van der Waals surface area contributed by atoms with Crippen LogP contribution in [-0.2, 0) is 16.2 Å². The van der Waals surface area contributed by atoms with Crippen molar-refractivity contribution in [2.24, 2.45) is 0 Å². The van der Waals surface area contributed by atoms with Crippen LogP contribution in [-0.4, -0.2) is 50.9 Å². The minimum atomic E-state index is -4.44. The van der Waals surface area contributed by atoms with Crippen molar-refractivity contribution in [3.05, 3.63) is 59.2 Å². The number of carbonyl (C=O) groups is 1. The van der Waals surface area contributed by atoms with Gasteiger partial charge in [0.25, 0.3) is 5.91 Å². The van der Waals surface area contributed by atoms with Gasteiger partial charge in [-0.1, -0.05) is 12.1 Å². The minimum absolute atomic E-state index is 0.0181. The van der Waals surface area contributed by atoms with Crippen LogP contribution in [0.4, 0.5) is 18.9 Å². The van der Waals surface area contributed by atoms with Crippen LogP contribution in [0.5, 0.6) is 0 Å². The molecule has 1 heterocycles. The minimum Gasteiger partial charge on any atom is -0.369 e. The number of amides is 1. The highest BCUT2D eigenvalue weighted by molar-refractivity contribution is 7.89. The Bertz CT molecular complexity index is 1090. The lowest BCUT2D eigenvalue weighted by atomic mass is 10.1. The first-order chi connectivity index (χ1) is 14.9. The number of alkyl halides is 3. The topological polar surface area (TPSA) is 69.7 Å². The number of carbonyl (C=O) groups excluding carboxylic acids is 1. The lowest BCUT2D eigenvalue weighted by Crippen LogP contribution is -2.48. The van der Waals surface area contributed by atoms with Gasteiger partial charge in [0.05, 0.1) is 10.5 Å². The molecular weight excluding hydrogens is 443 g/mol. The SMILES string of the molecule is Cc1ccc(S(=O)(=O)N2CCN(c3cccc(C(F)(F)F)c3)CC2)cc1C(=O)NC(C)C. The number of sulfonamides is 1. The van der Waals surface area contributed by atoms with Crippen molar-refractivity contribution in [1.82, 2.24) is 9.62 Å². The van der Waals surface area contributed by atoms with Crippen molar-refractivity contribution in [2.45, 2.75) is 37.9 Å². The van der Waals surface area contributed by atoms with E-state index < -0.39 is 21.8 Å². The highest BCUT2D eigenvalue weighted by atomic mass is 32.2. The molecule has 1 amide bonds. The summed E-state index contributed by atoms with van der Waals surface area (Å²) in [6.45, 7) is 6.13. The normalized spacial score (nSPS) is 15.8. The number of benzene rings is 2. The molecule has 1 aliphatic rings. The van der Waals surface area contributed by atoms with Gasteiger partial charge < -0.3 is 10.2 Å². The third-order valence-electron chi connectivity index (χ3n) is 5.29. The molecule has 6 nitrogen and oxygen atoms in total.